The Hall–Kier alpha value is -1.36. The van der Waals surface area contributed by atoms with E-state index in [-0.39, 0.29) is 11.2 Å². The molecule has 0 radical (unpaired) electrons. The largest absolute Gasteiger partial charge is 0.399 e. The molecule has 0 saturated heterocycles. The zero-order chi connectivity index (χ0) is 16.0. The molecule has 1 aromatic carbocycles. The third-order valence-corrected chi connectivity index (χ3v) is 5.69. The summed E-state index contributed by atoms with van der Waals surface area (Å²) in [4.78, 5) is 11.9. The Morgan fingerprint density at radius 2 is 2.00 bits per heavy atom. The van der Waals surface area contributed by atoms with Crippen molar-refractivity contribution in [3.63, 3.8) is 0 Å². The smallest absolute Gasteiger partial charge is 0.224 e. The van der Waals surface area contributed by atoms with Crippen LogP contribution in [0.15, 0.2) is 18.2 Å². The Labute approximate surface area is 130 Å². The molecule has 1 amide bonds. The van der Waals surface area contributed by atoms with Gasteiger partial charge in [-0.2, -0.15) is 0 Å². The first-order valence-electron chi connectivity index (χ1n) is 7.34. The van der Waals surface area contributed by atoms with E-state index in [4.69, 9.17) is 5.73 Å². The summed E-state index contributed by atoms with van der Waals surface area (Å²) in [5.41, 5.74) is 8.09. The summed E-state index contributed by atoms with van der Waals surface area (Å²) in [6.45, 7) is 8.04. The van der Waals surface area contributed by atoms with Crippen molar-refractivity contribution in [1.82, 2.24) is 0 Å². The fourth-order valence-corrected chi connectivity index (χ4v) is 3.31. The lowest BCUT2D eigenvalue weighted by atomic mass is 10.1. The van der Waals surface area contributed by atoms with Gasteiger partial charge in [-0.15, -0.1) is 0 Å². The van der Waals surface area contributed by atoms with Crippen LogP contribution in [0, 0.1) is 12.8 Å². The van der Waals surface area contributed by atoms with Gasteiger partial charge in [0.05, 0.1) is 0 Å². The first kappa shape index (κ1) is 17.7. The van der Waals surface area contributed by atoms with Crippen LogP contribution in [0.3, 0.4) is 0 Å². The van der Waals surface area contributed by atoms with Crippen LogP contribution in [0.1, 0.15) is 39.2 Å². The van der Waals surface area contributed by atoms with Crippen LogP contribution >= 0.6 is 0 Å². The number of rotatable bonds is 7. The predicted octanol–water partition coefficient (Wildman–Crippen LogP) is 3.09. The van der Waals surface area contributed by atoms with Crippen molar-refractivity contribution in [2.45, 2.75) is 45.8 Å². The summed E-state index contributed by atoms with van der Waals surface area (Å²) < 4.78 is 12.0. The summed E-state index contributed by atoms with van der Waals surface area (Å²) in [6, 6.07) is 5.40. The van der Waals surface area contributed by atoms with Crippen molar-refractivity contribution in [3.05, 3.63) is 23.8 Å². The van der Waals surface area contributed by atoms with Gasteiger partial charge < -0.3 is 11.1 Å². The quantitative estimate of drug-likeness (QED) is 0.760. The summed E-state index contributed by atoms with van der Waals surface area (Å²) >= 11 is 0. The molecule has 4 nitrogen and oxygen atoms in total. The standard InChI is InChI=1S/C16H26N2O2S/c1-11(2)13(4)21(20)9-5-6-16(19)18-15-8-7-14(17)10-12(15)3/h7-8,10-11,13H,5-6,9,17H2,1-4H3,(H,18,19). The van der Waals surface area contributed by atoms with Gasteiger partial charge >= 0.3 is 0 Å². The molecular weight excluding hydrogens is 284 g/mol. The fourth-order valence-electron chi connectivity index (χ4n) is 1.90. The molecule has 21 heavy (non-hydrogen) atoms. The maximum atomic E-state index is 12.0. The Morgan fingerprint density at radius 1 is 1.33 bits per heavy atom. The molecule has 0 aromatic heterocycles. The van der Waals surface area contributed by atoms with E-state index >= 15 is 0 Å². The second kappa shape index (κ2) is 8.17. The second-order valence-electron chi connectivity index (χ2n) is 5.76. The normalized spacial score (nSPS) is 14.0. The minimum Gasteiger partial charge on any atom is -0.399 e. The molecule has 0 saturated carbocycles. The number of carbonyl (C=O) groups excluding carboxylic acids is 1. The highest BCUT2D eigenvalue weighted by molar-refractivity contribution is 7.85. The molecule has 1 aromatic rings. The second-order valence-corrected chi connectivity index (χ2v) is 7.67. The zero-order valence-corrected chi connectivity index (χ0v) is 14.1. The van der Waals surface area contributed by atoms with Crippen LogP contribution in [-0.4, -0.2) is 21.1 Å². The molecule has 2 unspecified atom stereocenters. The average molecular weight is 310 g/mol. The van der Waals surface area contributed by atoms with Crippen molar-refractivity contribution in [2.24, 2.45) is 5.92 Å². The highest BCUT2D eigenvalue weighted by Crippen LogP contribution is 2.18. The number of nitrogen functional groups attached to an aromatic ring is 1. The molecule has 1 rings (SSSR count). The van der Waals surface area contributed by atoms with Gasteiger partial charge in [-0.25, -0.2) is 0 Å². The molecule has 0 spiro atoms. The highest BCUT2D eigenvalue weighted by atomic mass is 32.2. The monoisotopic (exact) mass is 310 g/mol. The van der Waals surface area contributed by atoms with Gasteiger partial charge in [0, 0.05) is 39.6 Å². The van der Waals surface area contributed by atoms with Crippen LogP contribution in [0.25, 0.3) is 0 Å². The van der Waals surface area contributed by atoms with E-state index < -0.39 is 10.8 Å². The number of aryl methyl sites for hydroxylation is 1. The number of nitrogens with one attached hydrogen (secondary N) is 1. The number of hydrogen-bond acceptors (Lipinski definition) is 3. The molecule has 0 aliphatic heterocycles. The predicted molar refractivity (Wildman–Crippen MR) is 90.8 cm³/mol. The van der Waals surface area contributed by atoms with Crippen LogP contribution in [0.4, 0.5) is 11.4 Å². The summed E-state index contributed by atoms with van der Waals surface area (Å²) in [5, 5.41) is 3.04. The highest BCUT2D eigenvalue weighted by Gasteiger charge is 2.15. The maximum absolute atomic E-state index is 12.0. The summed E-state index contributed by atoms with van der Waals surface area (Å²) in [5.74, 6) is 0.933. The van der Waals surface area contributed by atoms with Gasteiger partial charge in [-0.05, 0) is 43.0 Å². The maximum Gasteiger partial charge on any atom is 0.224 e. The van der Waals surface area contributed by atoms with Crippen molar-refractivity contribution in [3.8, 4) is 0 Å². The summed E-state index contributed by atoms with van der Waals surface area (Å²) in [7, 11) is -0.862. The van der Waals surface area contributed by atoms with E-state index in [1.54, 1.807) is 6.07 Å². The molecule has 3 N–H and O–H groups in total. The van der Waals surface area contributed by atoms with E-state index in [9.17, 15) is 9.00 Å². The first-order valence-corrected chi connectivity index (χ1v) is 8.72. The molecular formula is C16H26N2O2S. The van der Waals surface area contributed by atoms with Gasteiger partial charge in [-0.3, -0.25) is 9.00 Å². The molecule has 0 fully saturated rings. The van der Waals surface area contributed by atoms with Crippen LogP contribution in [-0.2, 0) is 15.6 Å². The first-order chi connectivity index (χ1) is 9.81. The van der Waals surface area contributed by atoms with Gasteiger partial charge in [0.15, 0.2) is 0 Å². The third kappa shape index (κ3) is 5.87. The lowest BCUT2D eigenvalue weighted by Gasteiger charge is -2.15. The zero-order valence-electron chi connectivity index (χ0n) is 13.3. The molecule has 5 heteroatoms. The van der Waals surface area contributed by atoms with E-state index in [0.29, 0.717) is 30.2 Å². The Morgan fingerprint density at radius 3 is 2.57 bits per heavy atom. The van der Waals surface area contributed by atoms with Gasteiger partial charge in [0.1, 0.15) is 0 Å². The number of nitrogens with two attached hydrogens (primary N) is 1. The van der Waals surface area contributed by atoms with Crippen molar-refractivity contribution < 1.29 is 9.00 Å². The fraction of sp³-hybridized carbons (Fsp3) is 0.562. The number of carbonyl (C=O) groups is 1. The number of benzene rings is 1. The van der Waals surface area contributed by atoms with Crippen molar-refractivity contribution in [1.29, 1.82) is 0 Å². The number of hydrogen-bond donors (Lipinski definition) is 2. The van der Waals surface area contributed by atoms with E-state index in [2.05, 4.69) is 19.2 Å². The van der Waals surface area contributed by atoms with Crippen molar-refractivity contribution in [2.75, 3.05) is 16.8 Å². The Bertz CT molecular complexity index is 515. The van der Waals surface area contributed by atoms with Crippen LogP contribution in [0.5, 0.6) is 0 Å². The lowest BCUT2D eigenvalue weighted by molar-refractivity contribution is -0.116. The average Bonchev–Trinajstić information content (AvgIpc) is 2.40. The molecule has 0 bridgehead atoms. The molecule has 0 heterocycles. The van der Waals surface area contributed by atoms with E-state index in [1.165, 1.54) is 0 Å². The molecule has 0 aliphatic rings. The van der Waals surface area contributed by atoms with Crippen LogP contribution in [0.2, 0.25) is 0 Å². The van der Waals surface area contributed by atoms with Crippen molar-refractivity contribution >= 4 is 28.1 Å². The number of anilines is 2. The Kier molecular flexibility index (Phi) is 6.89. The third-order valence-electron chi connectivity index (χ3n) is 3.63. The number of amides is 1. The van der Waals surface area contributed by atoms with Gasteiger partial charge in [-0.1, -0.05) is 20.8 Å². The minimum absolute atomic E-state index is 0.0444. The summed E-state index contributed by atoms with van der Waals surface area (Å²) in [6.07, 6.45) is 1.03. The van der Waals surface area contributed by atoms with Gasteiger partial charge in [0.2, 0.25) is 5.91 Å². The minimum atomic E-state index is -0.862. The molecule has 0 aliphatic carbocycles. The molecule has 2 atom stereocenters. The van der Waals surface area contributed by atoms with E-state index in [0.717, 1.165) is 11.3 Å². The van der Waals surface area contributed by atoms with E-state index in [1.807, 2.05) is 26.0 Å². The Balaban J connectivity index is 2.39. The van der Waals surface area contributed by atoms with Gasteiger partial charge in [0.25, 0.3) is 0 Å². The lowest BCUT2D eigenvalue weighted by Crippen LogP contribution is -2.21. The van der Waals surface area contributed by atoms with Crippen LogP contribution < -0.4 is 11.1 Å². The molecule has 118 valence electrons. The SMILES string of the molecule is Cc1cc(N)ccc1NC(=O)CCCS(=O)C(C)C(C)C. The topological polar surface area (TPSA) is 72.2 Å².